The van der Waals surface area contributed by atoms with Gasteiger partial charge in [0.15, 0.2) is 0 Å². The molecule has 0 aliphatic rings. The number of nitrogens with two attached hydrogens (primary N) is 1. The zero-order chi connectivity index (χ0) is 12.3. The lowest BCUT2D eigenvalue weighted by Crippen LogP contribution is -2.29. The minimum atomic E-state index is -2.87. The first-order chi connectivity index (χ1) is 8.11. The number of halogens is 2. The van der Waals surface area contributed by atoms with E-state index in [1.54, 1.807) is 10.9 Å². The second kappa shape index (κ2) is 4.63. The molecule has 0 bridgehead atoms. The van der Waals surface area contributed by atoms with E-state index in [0.717, 1.165) is 5.69 Å². The summed E-state index contributed by atoms with van der Waals surface area (Å²) < 4.78 is 27.7. The molecule has 0 spiro atoms. The van der Waals surface area contributed by atoms with Crippen LogP contribution in [0.3, 0.4) is 0 Å². The summed E-state index contributed by atoms with van der Waals surface area (Å²) in [4.78, 5) is 0. The number of nitrogens with zero attached hydrogens (tertiary/aromatic N) is 2. The number of hydrogen-bond acceptors (Lipinski definition) is 2. The van der Waals surface area contributed by atoms with Gasteiger partial charge in [-0.15, -0.1) is 0 Å². The van der Waals surface area contributed by atoms with Gasteiger partial charge in [-0.1, -0.05) is 18.2 Å². The fourth-order valence-corrected chi connectivity index (χ4v) is 1.54. The third-order valence-corrected chi connectivity index (χ3v) is 2.42. The number of para-hydroxylation sites is 1. The molecule has 5 heteroatoms. The van der Waals surface area contributed by atoms with E-state index >= 15 is 0 Å². The number of rotatable bonds is 4. The summed E-state index contributed by atoms with van der Waals surface area (Å²) in [5.74, 6) is -2.87. The van der Waals surface area contributed by atoms with E-state index in [1.807, 2.05) is 30.3 Å². The van der Waals surface area contributed by atoms with Gasteiger partial charge in [-0.2, -0.15) is 5.10 Å². The fraction of sp³-hybridized carbons (Fsp3) is 0.250. The van der Waals surface area contributed by atoms with Crippen LogP contribution in [0.5, 0.6) is 0 Å². The number of benzene rings is 1. The highest BCUT2D eigenvalue weighted by atomic mass is 19.3. The van der Waals surface area contributed by atoms with E-state index < -0.39 is 12.5 Å². The van der Waals surface area contributed by atoms with E-state index in [2.05, 4.69) is 5.10 Å². The van der Waals surface area contributed by atoms with Gasteiger partial charge in [-0.3, -0.25) is 0 Å². The summed E-state index contributed by atoms with van der Waals surface area (Å²) in [6, 6.07) is 9.34. The molecule has 0 fully saturated rings. The van der Waals surface area contributed by atoms with E-state index in [1.165, 1.54) is 6.20 Å². The minimum absolute atomic E-state index is 0.379. The van der Waals surface area contributed by atoms with Gasteiger partial charge in [-0.05, 0) is 17.7 Å². The van der Waals surface area contributed by atoms with Crippen molar-refractivity contribution in [3.05, 3.63) is 48.3 Å². The maximum absolute atomic E-state index is 13.1. The van der Waals surface area contributed by atoms with E-state index in [9.17, 15) is 8.78 Å². The average Bonchev–Trinajstić information content (AvgIpc) is 2.78. The third-order valence-electron chi connectivity index (χ3n) is 2.42. The topological polar surface area (TPSA) is 43.8 Å². The van der Waals surface area contributed by atoms with Gasteiger partial charge < -0.3 is 5.73 Å². The van der Waals surface area contributed by atoms with Crippen molar-refractivity contribution in [3.8, 4) is 5.69 Å². The van der Waals surface area contributed by atoms with Crippen LogP contribution in [-0.4, -0.2) is 22.2 Å². The molecule has 0 aliphatic heterocycles. The first-order valence-corrected chi connectivity index (χ1v) is 5.27. The predicted octanol–water partition coefficient (Wildman–Crippen LogP) is 2.01. The molecule has 2 N–H and O–H groups in total. The van der Waals surface area contributed by atoms with Crippen LogP contribution in [0.1, 0.15) is 5.56 Å². The minimum Gasteiger partial charge on any atom is -0.325 e. The number of alkyl halides is 2. The van der Waals surface area contributed by atoms with Crippen LogP contribution in [0, 0.1) is 0 Å². The standard InChI is InChI=1S/C12H13F2N3/c13-12(14,9-15)6-10-7-16-17(8-10)11-4-2-1-3-5-11/h1-5,7-8H,6,9,15H2. The number of aromatic nitrogens is 2. The van der Waals surface area contributed by atoms with Crippen LogP contribution < -0.4 is 5.73 Å². The summed E-state index contributed by atoms with van der Waals surface area (Å²) in [6.07, 6.45) is 2.66. The lowest BCUT2D eigenvalue weighted by Gasteiger charge is -2.11. The molecule has 1 heterocycles. The molecule has 17 heavy (non-hydrogen) atoms. The third kappa shape index (κ3) is 2.88. The fourth-order valence-electron chi connectivity index (χ4n) is 1.54. The summed E-state index contributed by atoms with van der Waals surface area (Å²) in [6.45, 7) is -0.649. The molecule has 2 aromatic rings. The summed E-state index contributed by atoms with van der Waals surface area (Å²) in [7, 11) is 0. The van der Waals surface area contributed by atoms with Crippen molar-refractivity contribution in [1.29, 1.82) is 0 Å². The van der Waals surface area contributed by atoms with Gasteiger partial charge in [0.1, 0.15) is 0 Å². The highest BCUT2D eigenvalue weighted by Gasteiger charge is 2.27. The van der Waals surface area contributed by atoms with Crippen molar-refractivity contribution < 1.29 is 8.78 Å². The molecule has 1 aromatic carbocycles. The Balaban J connectivity index is 2.17. The quantitative estimate of drug-likeness (QED) is 0.884. The van der Waals surface area contributed by atoms with Crippen molar-refractivity contribution in [1.82, 2.24) is 9.78 Å². The monoisotopic (exact) mass is 237 g/mol. The van der Waals surface area contributed by atoms with Crippen molar-refractivity contribution >= 4 is 0 Å². The Morgan fingerprint density at radius 3 is 2.59 bits per heavy atom. The zero-order valence-corrected chi connectivity index (χ0v) is 9.18. The maximum atomic E-state index is 13.1. The van der Waals surface area contributed by atoms with Gasteiger partial charge in [0.05, 0.1) is 18.4 Å². The largest absolute Gasteiger partial charge is 0.325 e. The van der Waals surface area contributed by atoms with Gasteiger partial charge >= 0.3 is 0 Å². The maximum Gasteiger partial charge on any atom is 0.264 e. The van der Waals surface area contributed by atoms with Crippen LogP contribution >= 0.6 is 0 Å². The zero-order valence-electron chi connectivity index (χ0n) is 9.18. The first kappa shape index (κ1) is 11.7. The van der Waals surface area contributed by atoms with Crippen LogP contribution in [0.15, 0.2) is 42.7 Å². The second-order valence-electron chi connectivity index (χ2n) is 3.87. The molecule has 0 unspecified atom stereocenters. The van der Waals surface area contributed by atoms with Crippen molar-refractivity contribution in [2.45, 2.75) is 12.3 Å². The molecule has 3 nitrogen and oxygen atoms in total. The van der Waals surface area contributed by atoms with Crippen LogP contribution in [-0.2, 0) is 6.42 Å². The number of hydrogen-bond donors (Lipinski definition) is 1. The highest BCUT2D eigenvalue weighted by Crippen LogP contribution is 2.19. The molecule has 2 rings (SSSR count). The van der Waals surface area contributed by atoms with Gasteiger partial charge in [0.25, 0.3) is 5.92 Å². The van der Waals surface area contributed by atoms with Gasteiger partial charge in [0, 0.05) is 12.6 Å². The SMILES string of the molecule is NCC(F)(F)Cc1cnn(-c2ccccc2)c1. The molecular weight excluding hydrogens is 224 g/mol. The van der Waals surface area contributed by atoms with Crippen LogP contribution in [0.4, 0.5) is 8.78 Å². The Morgan fingerprint density at radius 1 is 1.24 bits per heavy atom. The molecule has 1 aromatic heterocycles. The summed E-state index contributed by atoms with van der Waals surface area (Å²) in [5, 5.41) is 4.05. The predicted molar refractivity (Wildman–Crippen MR) is 61.3 cm³/mol. The summed E-state index contributed by atoms with van der Waals surface area (Å²) >= 11 is 0. The lowest BCUT2D eigenvalue weighted by molar-refractivity contribution is 0.0115. The first-order valence-electron chi connectivity index (χ1n) is 5.27. The Bertz CT molecular complexity index is 480. The van der Waals surface area contributed by atoms with Crippen LogP contribution in [0.25, 0.3) is 5.69 Å². The van der Waals surface area contributed by atoms with E-state index in [4.69, 9.17) is 5.73 Å². The molecule has 0 saturated heterocycles. The smallest absolute Gasteiger partial charge is 0.264 e. The Hall–Kier alpha value is -1.75. The molecular formula is C12H13F2N3. The molecule has 90 valence electrons. The molecule has 0 radical (unpaired) electrons. The summed E-state index contributed by atoms with van der Waals surface area (Å²) in [5.41, 5.74) is 6.31. The average molecular weight is 237 g/mol. The molecule has 0 amide bonds. The molecule has 0 aliphatic carbocycles. The normalized spacial score (nSPS) is 11.7. The van der Waals surface area contributed by atoms with Crippen molar-refractivity contribution in [2.75, 3.05) is 6.54 Å². The Morgan fingerprint density at radius 2 is 1.94 bits per heavy atom. The lowest BCUT2D eigenvalue weighted by atomic mass is 10.1. The van der Waals surface area contributed by atoms with E-state index in [-0.39, 0.29) is 6.42 Å². The Labute approximate surface area is 97.9 Å². The van der Waals surface area contributed by atoms with Gasteiger partial charge in [0.2, 0.25) is 0 Å². The Kier molecular flexibility index (Phi) is 3.19. The van der Waals surface area contributed by atoms with E-state index in [0.29, 0.717) is 5.56 Å². The van der Waals surface area contributed by atoms with Crippen molar-refractivity contribution in [3.63, 3.8) is 0 Å². The van der Waals surface area contributed by atoms with Crippen LogP contribution in [0.2, 0.25) is 0 Å². The van der Waals surface area contributed by atoms with Crippen molar-refractivity contribution in [2.24, 2.45) is 5.73 Å². The second-order valence-corrected chi connectivity index (χ2v) is 3.87. The molecule has 0 saturated carbocycles. The molecule has 0 atom stereocenters. The van der Waals surface area contributed by atoms with Gasteiger partial charge in [-0.25, -0.2) is 13.5 Å². The highest BCUT2D eigenvalue weighted by molar-refractivity contribution is 5.31.